The fourth-order valence-electron chi connectivity index (χ4n) is 1.70. The van der Waals surface area contributed by atoms with Gasteiger partial charge in [-0.05, 0) is 24.3 Å². The first kappa shape index (κ1) is 12.8. The largest absolute Gasteiger partial charge is 0.496 e. The average Bonchev–Trinajstić information content (AvgIpc) is 2.47. The van der Waals surface area contributed by atoms with Crippen LogP contribution in [0.15, 0.2) is 42.5 Å². The first-order valence-corrected chi connectivity index (χ1v) is 5.64. The van der Waals surface area contributed by atoms with Gasteiger partial charge in [0, 0.05) is 0 Å². The van der Waals surface area contributed by atoms with Crippen LogP contribution in [0.1, 0.15) is 20.7 Å². The minimum absolute atomic E-state index is 0.311. The smallest absolute Gasteiger partial charge is 0.157 e. The van der Waals surface area contributed by atoms with Gasteiger partial charge in [0.25, 0.3) is 0 Å². The third-order valence-electron chi connectivity index (χ3n) is 2.63. The van der Waals surface area contributed by atoms with Crippen LogP contribution >= 0.6 is 0 Å². The number of carbonyl (C=O) groups excluding carboxylic acids is 2. The molecule has 0 bridgehead atoms. The van der Waals surface area contributed by atoms with Crippen LogP contribution in [0.25, 0.3) is 0 Å². The highest BCUT2D eigenvalue weighted by Gasteiger charge is 2.11. The summed E-state index contributed by atoms with van der Waals surface area (Å²) < 4.78 is 10.7. The van der Waals surface area contributed by atoms with Crippen LogP contribution in [0, 0.1) is 0 Å². The third-order valence-corrected chi connectivity index (χ3v) is 2.63. The van der Waals surface area contributed by atoms with E-state index in [9.17, 15) is 9.59 Å². The molecule has 0 saturated heterocycles. The molecule has 0 aromatic heterocycles. The standard InChI is InChI=1S/C15H12O4/c1-18-14-7-4-8-15(12(14)10-17)19-13-6-3-2-5-11(13)9-16/h2-10H,1H3. The van der Waals surface area contributed by atoms with Gasteiger partial charge in [-0.15, -0.1) is 0 Å². The molecule has 96 valence electrons. The number of carbonyl (C=O) groups is 2. The molecule has 0 fully saturated rings. The SMILES string of the molecule is COc1cccc(Oc2ccccc2C=O)c1C=O. The number of hydrogen-bond donors (Lipinski definition) is 0. The van der Waals surface area contributed by atoms with E-state index >= 15 is 0 Å². The van der Waals surface area contributed by atoms with Crippen molar-refractivity contribution in [3.8, 4) is 17.2 Å². The topological polar surface area (TPSA) is 52.6 Å². The van der Waals surface area contributed by atoms with Crippen molar-refractivity contribution >= 4 is 12.6 Å². The fraction of sp³-hybridized carbons (Fsp3) is 0.0667. The van der Waals surface area contributed by atoms with Crippen molar-refractivity contribution in [3.05, 3.63) is 53.6 Å². The molecule has 0 heterocycles. The lowest BCUT2D eigenvalue weighted by Gasteiger charge is -2.11. The fourth-order valence-corrected chi connectivity index (χ4v) is 1.70. The summed E-state index contributed by atoms with van der Waals surface area (Å²) in [6, 6.07) is 11.8. The van der Waals surface area contributed by atoms with Crippen LogP contribution in [0.3, 0.4) is 0 Å². The van der Waals surface area contributed by atoms with E-state index in [1.807, 2.05) is 0 Å². The van der Waals surface area contributed by atoms with Gasteiger partial charge in [-0.2, -0.15) is 0 Å². The number of para-hydroxylation sites is 1. The molecule has 0 aliphatic rings. The summed E-state index contributed by atoms with van der Waals surface area (Å²) >= 11 is 0. The second kappa shape index (κ2) is 5.82. The quantitative estimate of drug-likeness (QED) is 0.771. The lowest BCUT2D eigenvalue weighted by molar-refractivity contribution is 0.111. The van der Waals surface area contributed by atoms with E-state index in [1.54, 1.807) is 42.5 Å². The van der Waals surface area contributed by atoms with Gasteiger partial charge in [-0.25, -0.2) is 0 Å². The Balaban J connectivity index is 2.43. The molecule has 4 heteroatoms. The highest BCUT2D eigenvalue weighted by atomic mass is 16.5. The van der Waals surface area contributed by atoms with Crippen molar-refractivity contribution in [1.29, 1.82) is 0 Å². The average molecular weight is 256 g/mol. The third kappa shape index (κ3) is 2.63. The number of aldehydes is 2. The summed E-state index contributed by atoms with van der Waals surface area (Å²) in [6.45, 7) is 0. The number of benzene rings is 2. The second-order valence-electron chi connectivity index (χ2n) is 3.75. The van der Waals surface area contributed by atoms with Crippen molar-refractivity contribution in [2.75, 3.05) is 7.11 Å². The van der Waals surface area contributed by atoms with Crippen LogP contribution in [0.2, 0.25) is 0 Å². The summed E-state index contributed by atoms with van der Waals surface area (Å²) in [5.74, 6) is 1.17. The molecular weight excluding hydrogens is 244 g/mol. The molecule has 2 aromatic rings. The van der Waals surface area contributed by atoms with E-state index in [4.69, 9.17) is 9.47 Å². The van der Waals surface area contributed by atoms with E-state index in [-0.39, 0.29) is 0 Å². The Hall–Kier alpha value is -2.62. The van der Waals surface area contributed by atoms with Gasteiger partial charge in [-0.3, -0.25) is 9.59 Å². The molecule has 2 aromatic carbocycles. The van der Waals surface area contributed by atoms with Crippen molar-refractivity contribution in [3.63, 3.8) is 0 Å². The monoisotopic (exact) mass is 256 g/mol. The minimum atomic E-state index is 0.311. The van der Waals surface area contributed by atoms with Crippen LogP contribution in [-0.4, -0.2) is 19.7 Å². The zero-order chi connectivity index (χ0) is 13.7. The Morgan fingerprint density at radius 1 is 0.842 bits per heavy atom. The highest BCUT2D eigenvalue weighted by molar-refractivity contribution is 5.84. The van der Waals surface area contributed by atoms with Gasteiger partial charge in [0.15, 0.2) is 12.6 Å². The molecule has 0 atom stereocenters. The number of hydrogen-bond acceptors (Lipinski definition) is 4. The van der Waals surface area contributed by atoms with Crippen LogP contribution in [0.5, 0.6) is 17.2 Å². The molecule has 4 nitrogen and oxygen atoms in total. The molecule has 0 N–H and O–H groups in total. The van der Waals surface area contributed by atoms with Crippen LogP contribution in [0.4, 0.5) is 0 Å². The number of rotatable bonds is 5. The zero-order valence-corrected chi connectivity index (χ0v) is 10.3. The van der Waals surface area contributed by atoms with E-state index in [2.05, 4.69) is 0 Å². The van der Waals surface area contributed by atoms with Crippen LogP contribution in [-0.2, 0) is 0 Å². The molecule has 0 unspecified atom stereocenters. The summed E-state index contributed by atoms with van der Waals surface area (Å²) in [4.78, 5) is 22.0. The van der Waals surface area contributed by atoms with Gasteiger partial charge >= 0.3 is 0 Å². The molecule has 0 aliphatic carbocycles. The van der Waals surface area contributed by atoms with E-state index in [1.165, 1.54) is 7.11 Å². The van der Waals surface area contributed by atoms with E-state index in [0.717, 1.165) is 0 Å². The maximum Gasteiger partial charge on any atom is 0.157 e. The first-order valence-electron chi connectivity index (χ1n) is 5.64. The van der Waals surface area contributed by atoms with Crippen LogP contribution < -0.4 is 9.47 Å². The molecular formula is C15H12O4. The zero-order valence-electron chi connectivity index (χ0n) is 10.3. The second-order valence-corrected chi connectivity index (χ2v) is 3.75. The molecule has 19 heavy (non-hydrogen) atoms. The van der Waals surface area contributed by atoms with E-state index in [0.29, 0.717) is 40.9 Å². The van der Waals surface area contributed by atoms with E-state index < -0.39 is 0 Å². The minimum Gasteiger partial charge on any atom is -0.496 e. The Morgan fingerprint density at radius 2 is 1.53 bits per heavy atom. The lowest BCUT2D eigenvalue weighted by Crippen LogP contribution is -1.96. The van der Waals surface area contributed by atoms with Gasteiger partial charge in [0.05, 0.1) is 18.2 Å². The Bertz CT molecular complexity index is 605. The number of ether oxygens (including phenoxy) is 2. The summed E-state index contributed by atoms with van der Waals surface area (Å²) in [5.41, 5.74) is 0.730. The van der Waals surface area contributed by atoms with Crippen molar-refractivity contribution in [2.24, 2.45) is 0 Å². The lowest BCUT2D eigenvalue weighted by atomic mass is 10.2. The maximum atomic E-state index is 11.1. The normalized spacial score (nSPS) is 9.74. The Labute approximate surface area is 110 Å². The first-order chi connectivity index (χ1) is 9.30. The molecule has 0 radical (unpaired) electrons. The van der Waals surface area contributed by atoms with Gasteiger partial charge in [0.2, 0.25) is 0 Å². The molecule has 0 aliphatic heterocycles. The van der Waals surface area contributed by atoms with Gasteiger partial charge < -0.3 is 9.47 Å². The van der Waals surface area contributed by atoms with Gasteiger partial charge in [0.1, 0.15) is 17.2 Å². The predicted molar refractivity (Wildman–Crippen MR) is 70.3 cm³/mol. The number of methoxy groups -OCH3 is 1. The Kier molecular flexibility index (Phi) is 3.93. The van der Waals surface area contributed by atoms with Gasteiger partial charge in [-0.1, -0.05) is 18.2 Å². The molecule has 0 saturated carbocycles. The maximum absolute atomic E-state index is 11.1. The molecule has 2 rings (SSSR count). The van der Waals surface area contributed by atoms with Crippen molar-refractivity contribution < 1.29 is 19.1 Å². The predicted octanol–water partition coefficient (Wildman–Crippen LogP) is 3.11. The molecule has 0 amide bonds. The molecule has 0 spiro atoms. The Morgan fingerprint density at radius 3 is 2.21 bits per heavy atom. The summed E-state index contributed by atoms with van der Waals surface area (Å²) in [5, 5.41) is 0. The highest BCUT2D eigenvalue weighted by Crippen LogP contribution is 2.31. The van der Waals surface area contributed by atoms with Crippen molar-refractivity contribution in [2.45, 2.75) is 0 Å². The van der Waals surface area contributed by atoms with Crippen molar-refractivity contribution in [1.82, 2.24) is 0 Å². The summed E-state index contributed by atoms with van der Waals surface area (Å²) in [7, 11) is 1.48. The summed E-state index contributed by atoms with van der Waals surface area (Å²) in [6.07, 6.45) is 1.37.